The van der Waals surface area contributed by atoms with Crippen LogP contribution < -0.4 is 10.6 Å². The van der Waals surface area contributed by atoms with Crippen LogP contribution in [0.25, 0.3) is 0 Å². The first kappa shape index (κ1) is 21.3. The van der Waals surface area contributed by atoms with E-state index < -0.39 is 29.7 Å². The van der Waals surface area contributed by atoms with Crippen molar-refractivity contribution in [2.24, 2.45) is 5.41 Å². The van der Waals surface area contributed by atoms with Gasteiger partial charge in [0.25, 0.3) is 11.8 Å². The molecule has 3 rings (SSSR count). The molecule has 150 valence electrons. The summed E-state index contributed by atoms with van der Waals surface area (Å²) in [5, 5.41) is 4.85. The Morgan fingerprint density at radius 3 is 2.46 bits per heavy atom. The molecule has 1 saturated heterocycles. The number of hydrogen-bond acceptors (Lipinski definition) is 5. The van der Waals surface area contributed by atoms with Crippen LogP contribution in [0.2, 0.25) is 0 Å². The molecule has 0 radical (unpaired) electrons. The summed E-state index contributed by atoms with van der Waals surface area (Å²) in [7, 11) is 0. The molecule has 0 bridgehead atoms. The Bertz CT molecular complexity index is 869. The van der Waals surface area contributed by atoms with Crippen molar-refractivity contribution in [2.45, 2.75) is 53.5 Å². The van der Waals surface area contributed by atoms with Crippen LogP contribution in [0.15, 0.2) is 18.2 Å². The minimum absolute atomic E-state index is 0. The van der Waals surface area contributed by atoms with Gasteiger partial charge >= 0.3 is 0 Å². The SMILES string of the molecule is C.CC(C)(C)CC(=O)Nc1cccc2c1C(=O)N(C1CCC(=O)NC1=O)C2=O. The van der Waals surface area contributed by atoms with Gasteiger partial charge in [0.1, 0.15) is 6.04 Å². The summed E-state index contributed by atoms with van der Waals surface area (Å²) in [6, 6.07) is 3.58. The minimum atomic E-state index is -1.03. The van der Waals surface area contributed by atoms with Crippen molar-refractivity contribution in [1.29, 1.82) is 0 Å². The molecule has 0 spiro atoms. The van der Waals surface area contributed by atoms with Crippen molar-refractivity contribution in [3.63, 3.8) is 0 Å². The van der Waals surface area contributed by atoms with E-state index in [1.54, 1.807) is 12.1 Å². The average Bonchev–Trinajstić information content (AvgIpc) is 2.78. The maximum Gasteiger partial charge on any atom is 0.264 e. The Kier molecular flexibility index (Phi) is 5.72. The minimum Gasteiger partial charge on any atom is -0.325 e. The lowest BCUT2D eigenvalue weighted by molar-refractivity contribution is -0.136. The van der Waals surface area contributed by atoms with Gasteiger partial charge in [0.15, 0.2) is 0 Å². The number of nitrogens with zero attached hydrogens (tertiary/aromatic N) is 1. The van der Waals surface area contributed by atoms with Gasteiger partial charge in [0, 0.05) is 12.8 Å². The number of piperidine rings is 1. The van der Waals surface area contributed by atoms with Crippen molar-refractivity contribution in [3.8, 4) is 0 Å². The Balaban J connectivity index is 0.00000280. The van der Waals surface area contributed by atoms with E-state index in [0.717, 1.165) is 4.90 Å². The van der Waals surface area contributed by atoms with Crippen LogP contribution in [-0.4, -0.2) is 40.5 Å². The molecule has 2 aliphatic heterocycles. The molecule has 1 fully saturated rings. The van der Waals surface area contributed by atoms with Crippen LogP contribution in [0.4, 0.5) is 5.69 Å². The van der Waals surface area contributed by atoms with Crippen molar-refractivity contribution in [2.75, 3.05) is 5.32 Å². The van der Waals surface area contributed by atoms with Gasteiger partial charge < -0.3 is 5.32 Å². The number of carbonyl (C=O) groups is 5. The number of hydrogen-bond donors (Lipinski definition) is 2. The van der Waals surface area contributed by atoms with Crippen molar-refractivity contribution in [1.82, 2.24) is 10.2 Å². The Hall–Kier alpha value is -3.03. The first-order chi connectivity index (χ1) is 12.6. The van der Waals surface area contributed by atoms with Gasteiger partial charge in [-0.1, -0.05) is 34.3 Å². The van der Waals surface area contributed by atoms with Gasteiger partial charge in [-0.15, -0.1) is 0 Å². The lowest BCUT2D eigenvalue weighted by Crippen LogP contribution is -2.54. The standard InChI is InChI=1S/C19H21N3O5.CH4/c1-19(2,3)9-14(24)20-11-6-4-5-10-15(11)18(27)22(17(10)26)12-7-8-13(23)21-16(12)25;/h4-6,12H,7-9H2,1-3H3,(H,20,24)(H,21,23,25);1H4. The highest BCUT2D eigenvalue weighted by Gasteiger charge is 2.45. The average molecular weight is 387 g/mol. The third-order valence-electron chi connectivity index (χ3n) is 4.43. The van der Waals surface area contributed by atoms with E-state index in [9.17, 15) is 24.0 Å². The molecule has 1 aromatic rings. The number of amides is 5. The first-order valence-corrected chi connectivity index (χ1v) is 8.73. The second kappa shape index (κ2) is 7.53. The predicted molar refractivity (Wildman–Crippen MR) is 103 cm³/mol. The van der Waals surface area contributed by atoms with E-state index in [0.29, 0.717) is 0 Å². The molecule has 0 aromatic heterocycles. The van der Waals surface area contributed by atoms with Gasteiger partial charge in [0.05, 0.1) is 16.8 Å². The molecular weight excluding hydrogens is 362 g/mol. The normalized spacial score (nSPS) is 19.1. The second-order valence-electron chi connectivity index (χ2n) is 7.96. The van der Waals surface area contributed by atoms with E-state index in [2.05, 4.69) is 10.6 Å². The Morgan fingerprint density at radius 1 is 1.18 bits per heavy atom. The third-order valence-corrected chi connectivity index (χ3v) is 4.43. The fourth-order valence-corrected chi connectivity index (χ4v) is 3.30. The molecule has 1 aromatic carbocycles. The summed E-state index contributed by atoms with van der Waals surface area (Å²) in [6.07, 6.45) is 0.385. The molecule has 5 amide bonds. The molecule has 2 N–H and O–H groups in total. The molecule has 28 heavy (non-hydrogen) atoms. The maximum atomic E-state index is 12.9. The van der Waals surface area contributed by atoms with E-state index in [4.69, 9.17) is 0 Å². The quantitative estimate of drug-likeness (QED) is 0.771. The molecule has 8 heteroatoms. The molecule has 8 nitrogen and oxygen atoms in total. The van der Waals surface area contributed by atoms with Gasteiger partial charge in [-0.05, 0) is 24.0 Å². The van der Waals surface area contributed by atoms with Crippen molar-refractivity contribution < 1.29 is 24.0 Å². The van der Waals surface area contributed by atoms with Crippen LogP contribution in [-0.2, 0) is 14.4 Å². The van der Waals surface area contributed by atoms with E-state index >= 15 is 0 Å². The number of carbonyl (C=O) groups excluding carboxylic acids is 5. The fourth-order valence-electron chi connectivity index (χ4n) is 3.30. The van der Waals surface area contributed by atoms with Crippen LogP contribution >= 0.6 is 0 Å². The molecule has 1 unspecified atom stereocenters. The zero-order valence-corrected chi connectivity index (χ0v) is 15.4. The lowest BCUT2D eigenvalue weighted by Gasteiger charge is -2.27. The van der Waals surface area contributed by atoms with Crippen LogP contribution in [0, 0.1) is 5.41 Å². The smallest absolute Gasteiger partial charge is 0.264 e. The van der Waals surface area contributed by atoms with Gasteiger partial charge in [-0.3, -0.25) is 34.2 Å². The van der Waals surface area contributed by atoms with E-state index in [-0.39, 0.29) is 54.8 Å². The summed E-state index contributed by atoms with van der Waals surface area (Å²) in [6.45, 7) is 5.75. The summed E-state index contributed by atoms with van der Waals surface area (Å²) in [4.78, 5) is 62.2. The molecule has 2 heterocycles. The molecule has 0 aliphatic carbocycles. The maximum absolute atomic E-state index is 12.9. The van der Waals surface area contributed by atoms with Crippen molar-refractivity contribution in [3.05, 3.63) is 29.3 Å². The largest absolute Gasteiger partial charge is 0.325 e. The Morgan fingerprint density at radius 2 is 1.86 bits per heavy atom. The fraction of sp³-hybridized carbons (Fsp3) is 0.450. The first-order valence-electron chi connectivity index (χ1n) is 8.73. The molecule has 2 aliphatic rings. The highest BCUT2D eigenvalue weighted by atomic mass is 16.2. The molecule has 1 atom stereocenters. The zero-order valence-electron chi connectivity index (χ0n) is 15.4. The number of benzene rings is 1. The summed E-state index contributed by atoms with van der Waals surface area (Å²) in [5.41, 5.74) is 0.225. The molecule has 0 saturated carbocycles. The monoisotopic (exact) mass is 387 g/mol. The second-order valence-corrected chi connectivity index (χ2v) is 7.96. The van der Waals surface area contributed by atoms with E-state index in [1.807, 2.05) is 20.8 Å². The Labute approximate surface area is 163 Å². The number of rotatable bonds is 3. The van der Waals surface area contributed by atoms with Gasteiger partial charge in [-0.25, -0.2) is 0 Å². The van der Waals surface area contributed by atoms with Crippen LogP contribution in [0.1, 0.15) is 68.2 Å². The topological polar surface area (TPSA) is 113 Å². The number of imide groups is 2. The van der Waals surface area contributed by atoms with Crippen molar-refractivity contribution >= 4 is 35.2 Å². The summed E-state index contributed by atoms with van der Waals surface area (Å²) >= 11 is 0. The highest BCUT2D eigenvalue weighted by molar-refractivity contribution is 6.26. The van der Waals surface area contributed by atoms with Gasteiger partial charge in [0.2, 0.25) is 17.7 Å². The third kappa shape index (κ3) is 3.95. The summed E-state index contributed by atoms with van der Waals surface area (Å²) in [5.74, 6) is -2.61. The lowest BCUT2D eigenvalue weighted by atomic mass is 9.92. The van der Waals surface area contributed by atoms with Crippen LogP contribution in [0.5, 0.6) is 0 Å². The van der Waals surface area contributed by atoms with Crippen LogP contribution in [0.3, 0.4) is 0 Å². The number of anilines is 1. The van der Waals surface area contributed by atoms with E-state index in [1.165, 1.54) is 6.07 Å². The predicted octanol–water partition coefficient (Wildman–Crippen LogP) is 2.10. The number of fused-ring (bicyclic) bond motifs is 1. The highest BCUT2D eigenvalue weighted by Crippen LogP contribution is 2.32. The van der Waals surface area contributed by atoms with Gasteiger partial charge in [-0.2, -0.15) is 0 Å². The summed E-state index contributed by atoms with van der Waals surface area (Å²) < 4.78 is 0. The molecular formula is C20H25N3O5. The zero-order chi connectivity index (χ0) is 19.9. The number of nitrogens with one attached hydrogen (secondary N) is 2.